The fourth-order valence-electron chi connectivity index (χ4n) is 4.98. The summed E-state index contributed by atoms with van der Waals surface area (Å²) in [7, 11) is 0. The molecule has 214 valence electrons. The summed E-state index contributed by atoms with van der Waals surface area (Å²) in [6, 6.07) is 3.17. The van der Waals surface area contributed by atoms with E-state index in [-0.39, 0.29) is 35.6 Å². The number of hydrogen-bond acceptors (Lipinski definition) is 8. The summed E-state index contributed by atoms with van der Waals surface area (Å²) in [5.74, 6) is -0.902. The van der Waals surface area contributed by atoms with Crippen LogP contribution in [0.4, 0.5) is 30.9 Å². The largest absolute Gasteiger partial charge is 0.486 e. The molecule has 0 atom stereocenters. The Labute approximate surface area is 232 Å². The third-order valence-electron chi connectivity index (χ3n) is 6.90. The lowest BCUT2D eigenvalue weighted by molar-refractivity contribution is 0.0185. The number of halogens is 2. The molecule has 0 aliphatic carbocycles. The zero-order chi connectivity index (χ0) is 28.6. The van der Waals surface area contributed by atoms with Gasteiger partial charge in [-0.2, -0.15) is 5.10 Å². The minimum absolute atomic E-state index is 0.0182. The Bertz CT molecular complexity index is 1380. The van der Waals surface area contributed by atoms with Crippen molar-refractivity contribution in [2.24, 2.45) is 0 Å². The van der Waals surface area contributed by atoms with Crippen LogP contribution in [0.25, 0.3) is 11.3 Å². The van der Waals surface area contributed by atoms with Crippen molar-refractivity contribution in [3.05, 3.63) is 42.4 Å². The molecule has 1 amide bonds. The van der Waals surface area contributed by atoms with Crippen LogP contribution in [0.3, 0.4) is 0 Å². The first-order valence-electron chi connectivity index (χ1n) is 13.5. The van der Waals surface area contributed by atoms with Gasteiger partial charge in [0.05, 0.1) is 36.4 Å². The Hall–Kier alpha value is -3.96. The number of anilines is 3. The van der Waals surface area contributed by atoms with Crippen molar-refractivity contribution in [1.82, 2.24) is 24.6 Å². The summed E-state index contributed by atoms with van der Waals surface area (Å²) in [4.78, 5) is 24.5. The molecule has 2 aliphatic rings. The Morgan fingerprint density at radius 3 is 2.58 bits per heavy atom. The Kier molecular flexibility index (Phi) is 7.52. The number of amides is 1. The fraction of sp³-hybridized carbons (Fsp3) is 0.500. The minimum atomic E-state index is -0.662. The molecule has 0 radical (unpaired) electrons. The fourth-order valence-corrected chi connectivity index (χ4v) is 4.98. The van der Waals surface area contributed by atoms with Gasteiger partial charge in [0.15, 0.2) is 17.4 Å². The van der Waals surface area contributed by atoms with E-state index in [2.05, 4.69) is 20.4 Å². The molecule has 0 bridgehead atoms. The molecule has 3 aromatic rings. The molecule has 1 aromatic carbocycles. The predicted molar refractivity (Wildman–Crippen MR) is 147 cm³/mol. The molecule has 5 rings (SSSR count). The van der Waals surface area contributed by atoms with Crippen molar-refractivity contribution in [2.45, 2.75) is 65.1 Å². The molecule has 2 aliphatic heterocycles. The number of fused-ring (bicyclic) bond motifs is 1. The van der Waals surface area contributed by atoms with Crippen molar-refractivity contribution >= 4 is 23.4 Å². The maximum absolute atomic E-state index is 15.0. The van der Waals surface area contributed by atoms with Gasteiger partial charge < -0.3 is 24.6 Å². The van der Waals surface area contributed by atoms with Crippen molar-refractivity contribution in [3.8, 4) is 17.0 Å². The van der Waals surface area contributed by atoms with Gasteiger partial charge in [-0.3, -0.25) is 4.68 Å². The molecule has 12 heteroatoms. The highest BCUT2D eigenvalue weighted by atomic mass is 19.1. The van der Waals surface area contributed by atoms with Crippen molar-refractivity contribution in [3.63, 3.8) is 0 Å². The Morgan fingerprint density at radius 1 is 1.12 bits per heavy atom. The van der Waals surface area contributed by atoms with E-state index in [9.17, 15) is 13.6 Å². The van der Waals surface area contributed by atoms with Crippen molar-refractivity contribution in [1.29, 1.82) is 0 Å². The van der Waals surface area contributed by atoms with E-state index in [4.69, 9.17) is 9.47 Å². The monoisotopic (exact) mass is 555 g/mol. The smallest absolute Gasteiger partial charge is 0.410 e. The van der Waals surface area contributed by atoms with Crippen LogP contribution >= 0.6 is 0 Å². The molecule has 0 saturated carbocycles. The highest BCUT2D eigenvalue weighted by molar-refractivity contribution is 5.73. The zero-order valence-corrected chi connectivity index (χ0v) is 23.4. The van der Waals surface area contributed by atoms with Gasteiger partial charge in [0, 0.05) is 30.9 Å². The van der Waals surface area contributed by atoms with E-state index in [0.29, 0.717) is 43.2 Å². The van der Waals surface area contributed by atoms with Gasteiger partial charge in [-0.15, -0.1) is 0 Å². The average Bonchev–Trinajstić information content (AvgIpc) is 3.37. The highest BCUT2D eigenvalue weighted by Crippen LogP contribution is 2.39. The second kappa shape index (κ2) is 10.9. The first-order chi connectivity index (χ1) is 19.0. The molecule has 1 saturated heterocycles. The normalized spacial score (nSPS) is 16.1. The summed E-state index contributed by atoms with van der Waals surface area (Å²) < 4.78 is 42.7. The van der Waals surface area contributed by atoms with Gasteiger partial charge >= 0.3 is 6.09 Å². The van der Waals surface area contributed by atoms with E-state index in [1.165, 1.54) is 6.07 Å². The number of benzene rings is 1. The summed E-state index contributed by atoms with van der Waals surface area (Å²) in [5.41, 5.74) is 0.944. The number of aromatic nitrogens is 4. The summed E-state index contributed by atoms with van der Waals surface area (Å²) in [6.45, 7) is 11.7. The SMILES string of the molecule is CC(C)N1CCOc2c(F)cc(-c3nc(Nc4cnn(C5CCN(C(=O)OC(C)(C)C)CC5)c4)ncc3F)cc21. The Balaban J connectivity index is 1.29. The average molecular weight is 556 g/mol. The van der Waals surface area contributed by atoms with Crippen molar-refractivity contribution in [2.75, 3.05) is 36.5 Å². The van der Waals surface area contributed by atoms with E-state index >= 15 is 0 Å². The second-order valence-electron chi connectivity index (χ2n) is 11.4. The predicted octanol–water partition coefficient (Wildman–Crippen LogP) is 5.54. The number of nitrogens with one attached hydrogen (secondary N) is 1. The molecular formula is C28H35F2N7O3. The van der Waals surface area contributed by atoms with Gasteiger partial charge in [0.25, 0.3) is 0 Å². The van der Waals surface area contributed by atoms with Crippen LogP contribution in [-0.2, 0) is 4.74 Å². The van der Waals surface area contributed by atoms with Crippen LogP contribution in [0.2, 0.25) is 0 Å². The molecule has 2 aromatic heterocycles. The lowest BCUT2D eigenvalue weighted by atomic mass is 10.1. The number of likely N-dealkylation sites (tertiary alicyclic amines) is 1. The lowest BCUT2D eigenvalue weighted by Crippen LogP contribution is -2.42. The third kappa shape index (κ3) is 5.95. The molecule has 1 N–H and O–H groups in total. The maximum Gasteiger partial charge on any atom is 0.410 e. The number of hydrogen-bond donors (Lipinski definition) is 1. The van der Waals surface area contributed by atoms with Crippen LogP contribution in [0.5, 0.6) is 5.75 Å². The van der Waals surface area contributed by atoms with Gasteiger partial charge in [-0.1, -0.05) is 0 Å². The summed E-state index contributed by atoms with van der Waals surface area (Å²) >= 11 is 0. The summed E-state index contributed by atoms with van der Waals surface area (Å²) in [6.07, 6.45) is 5.70. The van der Waals surface area contributed by atoms with Gasteiger partial charge in [-0.25, -0.2) is 23.5 Å². The van der Waals surface area contributed by atoms with Gasteiger partial charge in [0.1, 0.15) is 17.9 Å². The number of ether oxygens (including phenoxy) is 2. The first kappa shape index (κ1) is 27.6. The van der Waals surface area contributed by atoms with Crippen molar-refractivity contribution < 1.29 is 23.0 Å². The first-order valence-corrected chi connectivity index (χ1v) is 13.5. The maximum atomic E-state index is 15.0. The third-order valence-corrected chi connectivity index (χ3v) is 6.90. The van der Waals surface area contributed by atoms with E-state index in [0.717, 1.165) is 19.0 Å². The lowest BCUT2D eigenvalue weighted by Gasteiger charge is -2.34. The number of nitrogens with zero attached hydrogens (tertiary/aromatic N) is 6. The quantitative estimate of drug-likeness (QED) is 0.438. The van der Waals surface area contributed by atoms with Gasteiger partial charge in [-0.05, 0) is 59.6 Å². The summed E-state index contributed by atoms with van der Waals surface area (Å²) in [5, 5.41) is 7.54. The topological polar surface area (TPSA) is 97.6 Å². The molecule has 0 spiro atoms. The molecule has 40 heavy (non-hydrogen) atoms. The molecule has 10 nitrogen and oxygen atoms in total. The molecule has 0 unspecified atom stereocenters. The van der Waals surface area contributed by atoms with E-state index in [1.807, 2.05) is 50.4 Å². The molecular weight excluding hydrogens is 520 g/mol. The van der Waals surface area contributed by atoms with Gasteiger partial charge in [0.2, 0.25) is 5.95 Å². The number of carbonyl (C=O) groups is 1. The zero-order valence-electron chi connectivity index (χ0n) is 23.4. The Morgan fingerprint density at radius 2 is 1.88 bits per heavy atom. The molecule has 1 fully saturated rings. The van der Waals surface area contributed by atoms with Crippen LogP contribution < -0.4 is 15.0 Å². The second-order valence-corrected chi connectivity index (χ2v) is 11.4. The van der Waals surface area contributed by atoms with E-state index < -0.39 is 17.2 Å². The number of piperidine rings is 1. The number of carbonyl (C=O) groups excluding carboxylic acids is 1. The van der Waals surface area contributed by atoms with Crippen LogP contribution in [-0.4, -0.2) is 68.6 Å². The van der Waals surface area contributed by atoms with Crippen LogP contribution in [0.1, 0.15) is 53.5 Å². The highest BCUT2D eigenvalue weighted by Gasteiger charge is 2.28. The van der Waals surface area contributed by atoms with Crippen LogP contribution in [0.15, 0.2) is 30.7 Å². The van der Waals surface area contributed by atoms with E-state index in [1.54, 1.807) is 17.2 Å². The standard InChI is InChI=1S/C28H35F2N7O3/c1-17(2)36-10-11-39-25-21(29)12-18(13-23(25)36)24-22(30)15-31-26(34-24)33-19-14-32-37(16-19)20-6-8-35(9-7-20)27(38)40-28(3,4)5/h12-17,20H,6-11H2,1-5H3,(H,31,33,34). The minimum Gasteiger partial charge on any atom is -0.486 e. The molecule has 4 heterocycles. The van der Waals surface area contributed by atoms with Crippen LogP contribution in [0, 0.1) is 11.6 Å². The number of rotatable bonds is 5.